The van der Waals surface area contributed by atoms with Crippen molar-refractivity contribution in [3.63, 3.8) is 0 Å². The van der Waals surface area contributed by atoms with Gasteiger partial charge in [-0.1, -0.05) is 12.1 Å². The third-order valence-corrected chi connectivity index (χ3v) is 4.92. The molecule has 2 heterocycles. The van der Waals surface area contributed by atoms with Crippen molar-refractivity contribution >= 4 is 11.0 Å². The summed E-state index contributed by atoms with van der Waals surface area (Å²) in [7, 11) is 1.80. The Kier molecular flexibility index (Phi) is 5.11. The van der Waals surface area contributed by atoms with Gasteiger partial charge in [-0.15, -0.1) is 0 Å². The van der Waals surface area contributed by atoms with Gasteiger partial charge < -0.3 is 14.2 Å². The van der Waals surface area contributed by atoms with Crippen LogP contribution in [-0.2, 0) is 4.74 Å². The van der Waals surface area contributed by atoms with Crippen molar-refractivity contribution < 1.29 is 4.74 Å². The van der Waals surface area contributed by atoms with Gasteiger partial charge in [-0.05, 0) is 57.3 Å². The van der Waals surface area contributed by atoms with Crippen LogP contribution in [0.3, 0.4) is 0 Å². The molecule has 2 aromatic rings. The summed E-state index contributed by atoms with van der Waals surface area (Å²) in [4.78, 5) is 7.11. The van der Waals surface area contributed by atoms with Gasteiger partial charge in [-0.3, -0.25) is 0 Å². The van der Waals surface area contributed by atoms with Gasteiger partial charge in [0.05, 0.1) is 17.4 Å². The summed E-state index contributed by atoms with van der Waals surface area (Å²) in [6.07, 6.45) is 5.81. The number of imidazole rings is 1. The number of methoxy groups -OCH3 is 1. The lowest BCUT2D eigenvalue weighted by Gasteiger charge is -2.33. The normalized spacial score (nSPS) is 18.8. The van der Waals surface area contributed by atoms with Gasteiger partial charge >= 0.3 is 0 Å². The van der Waals surface area contributed by atoms with Crippen molar-refractivity contribution in [2.45, 2.75) is 32.2 Å². The van der Waals surface area contributed by atoms with Gasteiger partial charge in [-0.2, -0.15) is 0 Å². The van der Waals surface area contributed by atoms with Crippen molar-refractivity contribution in [3.8, 4) is 0 Å². The fourth-order valence-corrected chi connectivity index (χ4v) is 3.53. The lowest BCUT2D eigenvalue weighted by Crippen LogP contribution is -2.37. The average Bonchev–Trinajstić information content (AvgIpc) is 2.98. The fourth-order valence-electron chi connectivity index (χ4n) is 3.53. The van der Waals surface area contributed by atoms with Crippen LogP contribution in [0.5, 0.6) is 0 Å². The molecule has 4 nitrogen and oxygen atoms in total. The zero-order valence-electron chi connectivity index (χ0n) is 13.7. The third-order valence-electron chi connectivity index (χ3n) is 4.92. The van der Waals surface area contributed by atoms with Crippen LogP contribution in [0.1, 0.15) is 32.2 Å². The van der Waals surface area contributed by atoms with Crippen LogP contribution in [0.2, 0.25) is 0 Å². The van der Waals surface area contributed by atoms with Crippen LogP contribution in [0.4, 0.5) is 0 Å². The second-order valence-corrected chi connectivity index (χ2v) is 6.52. The van der Waals surface area contributed by atoms with E-state index in [9.17, 15) is 0 Å². The van der Waals surface area contributed by atoms with Gasteiger partial charge in [0.2, 0.25) is 0 Å². The molecule has 1 saturated heterocycles. The van der Waals surface area contributed by atoms with E-state index in [1.54, 1.807) is 7.11 Å². The largest absolute Gasteiger partial charge is 0.385 e. The predicted molar refractivity (Wildman–Crippen MR) is 90.1 cm³/mol. The van der Waals surface area contributed by atoms with E-state index < -0.39 is 0 Å². The summed E-state index contributed by atoms with van der Waals surface area (Å²) in [5.74, 6) is 0.848. The van der Waals surface area contributed by atoms with Crippen molar-refractivity contribution in [2.75, 3.05) is 33.4 Å². The Morgan fingerprint density at radius 1 is 1.27 bits per heavy atom. The van der Waals surface area contributed by atoms with E-state index in [-0.39, 0.29) is 0 Å². The minimum absolute atomic E-state index is 0.461. The summed E-state index contributed by atoms with van der Waals surface area (Å²) in [5.41, 5.74) is 2.33. The number of ether oxygens (including phenoxy) is 1. The molecule has 1 aliphatic heterocycles. The summed E-state index contributed by atoms with van der Waals surface area (Å²) >= 11 is 0. The minimum atomic E-state index is 0.461. The average molecular weight is 301 g/mol. The van der Waals surface area contributed by atoms with Gasteiger partial charge in [0.25, 0.3) is 0 Å². The molecule has 0 N–H and O–H groups in total. The predicted octanol–water partition coefficient (Wildman–Crippen LogP) is 3.35. The van der Waals surface area contributed by atoms with E-state index in [0.717, 1.165) is 24.6 Å². The SMILES string of the molecule is COCCC1CCN(C[C@@H](C)n2cnc3ccccc32)CC1. The van der Waals surface area contributed by atoms with Gasteiger partial charge in [0, 0.05) is 26.3 Å². The first-order valence-electron chi connectivity index (χ1n) is 8.41. The molecule has 0 bridgehead atoms. The van der Waals surface area contributed by atoms with Crippen molar-refractivity contribution in [1.29, 1.82) is 0 Å². The standard InChI is InChI=1S/C18H27N3O/c1-15(21-14-19-17-5-3-4-6-18(17)21)13-20-10-7-16(8-11-20)9-12-22-2/h3-6,14-16H,7-13H2,1-2H3/t15-/m1/s1. The van der Waals surface area contributed by atoms with E-state index >= 15 is 0 Å². The van der Waals surface area contributed by atoms with E-state index in [1.165, 1.54) is 37.9 Å². The second-order valence-electron chi connectivity index (χ2n) is 6.52. The summed E-state index contributed by atoms with van der Waals surface area (Å²) in [6.45, 7) is 6.74. The van der Waals surface area contributed by atoms with Crippen LogP contribution >= 0.6 is 0 Å². The lowest BCUT2D eigenvalue weighted by atomic mass is 9.94. The quantitative estimate of drug-likeness (QED) is 0.819. The maximum Gasteiger partial charge on any atom is 0.0961 e. The van der Waals surface area contributed by atoms with Crippen LogP contribution in [0.25, 0.3) is 11.0 Å². The molecule has 0 amide bonds. The number of rotatable bonds is 6. The number of aromatic nitrogens is 2. The molecule has 22 heavy (non-hydrogen) atoms. The molecular weight excluding hydrogens is 274 g/mol. The Balaban J connectivity index is 1.55. The molecule has 0 aliphatic carbocycles. The Morgan fingerprint density at radius 3 is 2.82 bits per heavy atom. The van der Waals surface area contributed by atoms with Crippen LogP contribution in [-0.4, -0.2) is 47.8 Å². The Labute approximate surface area is 133 Å². The molecule has 3 rings (SSSR count). The number of hydrogen-bond acceptors (Lipinski definition) is 3. The summed E-state index contributed by atoms with van der Waals surface area (Å²) in [6, 6.07) is 8.85. The van der Waals surface area contributed by atoms with E-state index in [4.69, 9.17) is 4.74 Å². The molecule has 0 spiro atoms. The van der Waals surface area contributed by atoms with Crippen molar-refractivity contribution in [1.82, 2.24) is 14.5 Å². The van der Waals surface area contributed by atoms with Crippen LogP contribution < -0.4 is 0 Å². The van der Waals surface area contributed by atoms with Crippen LogP contribution in [0.15, 0.2) is 30.6 Å². The highest BCUT2D eigenvalue weighted by molar-refractivity contribution is 5.75. The number of piperidine rings is 1. The number of likely N-dealkylation sites (tertiary alicyclic amines) is 1. The maximum atomic E-state index is 5.20. The molecule has 0 saturated carbocycles. The topological polar surface area (TPSA) is 30.3 Å². The molecule has 1 aromatic carbocycles. The fraction of sp³-hybridized carbons (Fsp3) is 0.611. The van der Waals surface area contributed by atoms with Crippen molar-refractivity contribution in [3.05, 3.63) is 30.6 Å². The third kappa shape index (κ3) is 3.50. The Morgan fingerprint density at radius 2 is 2.05 bits per heavy atom. The molecule has 1 aliphatic rings. The molecule has 1 fully saturated rings. The number of nitrogens with zero attached hydrogens (tertiary/aromatic N) is 3. The van der Waals surface area contributed by atoms with E-state index in [1.807, 2.05) is 6.33 Å². The minimum Gasteiger partial charge on any atom is -0.385 e. The molecule has 1 aromatic heterocycles. The number of benzene rings is 1. The Bertz CT molecular complexity index is 587. The van der Waals surface area contributed by atoms with E-state index in [2.05, 4.69) is 45.6 Å². The molecule has 4 heteroatoms. The van der Waals surface area contributed by atoms with Crippen LogP contribution in [0, 0.1) is 5.92 Å². The zero-order valence-corrected chi connectivity index (χ0v) is 13.7. The number of para-hydroxylation sites is 2. The summed E-state index contributed by atoms with van der Waals surface area (Å²) in [5, 5.41) is 0. The highest BCUT2D eigenvalue weighted by Crippen LogP contribution is 2.23. The van der Waals surface area contributed by atoms with Gasteiger partial charge in [0.15, 0.2) is 0 Å². The molecule has 0 radical (unpaired) electrons. The first-order valence-corrected chi connectivity index (χ1v) is 8.41. The van der Waals surface area contributed by atoms with Crippen molar-refractivity contribution in [2.24, 2.45) is 5.92 Å². The molecule has 1 atom stereocenters. The highest BCUT2D eigenvalue weighted by Gasteiger charge is 2.21. The monoisotopic (exact) mass is 301 g/mol. The summed E-state index contributed by atoms with van der Waals surface area (Å²) < 4.78 is 7.51. The molecule has 0 unspecified atom stereocenters. The van der Waals surface area contributed by atoms with E-state index in [0.29, 0.717) is 6.04 Å². The molecule has 120 valence electrons. The second kappa shape index (κ2) is 7.25. The number of fused-ring (bicyclic) bond motifs is 1. The Hall–Kier alpha value is -1.39. The highest BCUT2D eigenvalue weighted by atomic mass is 16.5. The smallest absolute Gasteiger partial charge is 0.0961 e. The first kappa shape index (κ1) is 15.5. The number of hydrogen-bond donors (Lipinski definition) is 0. The molecular formula is C18H27N3O. The van der Waals surface area contributed by atoms with Gasteiger partial charge in [0.1, 0.15) is 0 Å². The zero-order chi connectivity index (χ0) is 15.4. The maximum absolute atomic E-state index is 5.20. The first-order chi connectivity index (χ1) is 10.8. The lowest BCUT2D eigenvalue weighted by molar-refractivity contribution is 0.128. The van der Waals surface area contributed by atoms with Gasteiger partial charge in [-0.25, -0.2) is 4.98 Å².